The fraction of sp³-hybridized carbons (Fsp3) is 0.917. The summed E-state index contributed by atoms with van der Waals surface area (Å²) < 4.78 is 5.62. The molecule has 5 nitrogen and oxygen atoms in total. The average Bonchev–Trinajstić information content (AvgIpc) is 2.28. The Kier molecular flexibility index (Phi) is 2.96. The van der Waals surface area contributed by atoms with Crippen LogP contribution in [0.2, 0.25) is 0 Å². The molecule has 2 atom stereocenters. The third kappa shape index (κ3) is 2.40. The van der Waals surface area contributed by atoms with Gasteiger partial charge in [0.1, 0.15) is 0 Å². The molecule has 0 aromatic rings. The van der Waals surface area contributed by atoms with Gasteiger partial charge in [0.2, 0.25) is 0 Å². The normalized spacial score (nSPS) is 34.5. The highest BCUT2D eigenvalue weighted by Crippen LogP contribution is 2.29. The molecule has 0 spiro atoms. The Labute approximate surface area is 101 Å². The average molecular weight is 240 g/mol. The summed E-state index contributed by atoms with van der Waals surface area (Å²) in [5.74, 6) is 0.670. The highest BCUT2D eigenvalue weighted by atomic mass is 16.5. The molecule has 0 radical (unpaired) electrons. The van der Waals surface area contributed by atoms with E-state index in [0.717, 1.165) is 32.5 Å². The van der Waals surface area contributed by atoms with Crippen molar-refractivity contribution >= 4 is 6.09 Å². The van der Waals surface area contributed by atoms with Crippen molar-refractivity contribution in [3.05, 3.63) is 0 Å². The number of ether oxygens (including phenoxy) is 1. The van der Waals surface area contributed by atoms with Gasteiger partial charge in [0.05, 0.1) is 12.2 Å². The minimum atomic E-state index is -0.768. The first-order chi connectivity index (χ1) is 8.20. The van der Waals surface area contributed by atoms with Crippen LogP contribution in [0.15, 0.2) is 0 Å². The second kappa shape index (κ2) is 4.46. The van der Waals surface area contributed by atoms with Crippen LogP contribution in [-0.4, -0.2) is 65.9 Å². The van der Waals surface area contributed by atoms with Crippen molar-refractivity contribution in [1.82, 2.24) is 9.80 Å². The summed E-state index contributed by atoms with van der Waals surface area (Å²) in [5, 5.41) is 8.89. The van der Waals surface area contributed by atoms with Gasteiger partial charge in [0, 0.05) is 39.1 Å². The highest BCUT2D eigenvalue weighted by molar-refractivity contribution is 5.64. The monoisotopic (exact) mass is 240 g/mol. The second-order valence-electron chi connectivity index (χ2n) is 5.55. The molecule has 4 aliphatic heterocycles. The van der Waals surface area contributed by atoms with E-state index in [4.69, 9.17) is 9.84 Å². The van der Waals surface area contributed by atoms with Crippen LogP contribution in [0.1, 0.15) is 19.3 Å². The number of nitrogens with zero attached hydrogens (tertiary/aromatic N) is 2. The van der Waals surface area contributed by atoms with E-state index in [1.54, 1.807) is 0 Å². The number of likely N-dealkylation sites (tertiary alicyclic amines) is 1. The van der Waals surface area contributed by atoms with E-state index >= 15 is 0 Å². The van der Waals surface area contributed by atoms with Gasteiger partial charge in [-0.25, -0.2) is 4.79 Å². The molecule has 4 rings (SSSR count). The zero-order valence-electron chi connectivity index (χ0n) is 10.0. The molecule has 1 N–H and O–H groups in total. The van der Waals surface area contributed by atoms with Gasteiger partial charge in [0.25, 0.3) is 0 Å². The second-order valence-corrected chi connectivity index (χ2v) is 5.55. The van der Waals surface area contributed by atoms with Gasteiger partial charge in [0.15, 0.2) is 0 Å². The minimum Gasteiger partial charge on any atom is -0.465 e. The smallest absolute Gasteiger partial charge is 0.407 e. The SMILES string of the molecule is O=C(O)N1CCC(CN2CC3CC(C2)O3)CC1. The molecular weight excluding hydrogens is 220 g/mol. The molecule has 4 heterocycles. The van der Waals surface area contributed by atoms with Gasteiger partial charge in [-0.15, -0.1) is 0 Å². The standard InChI is InChI=1S/C12H20N2O3/c15-12(16)14-3-1-9(2-4-14)6-13-7-10-5-11(8-13)17-10/h9-11H,1-8H2,(H,15,16). The van der Waals surface area contributed by atoms with Gasteiger partial charge < -0.3 is 14.7 Å². The first-order valence-corrected chi connectivity index (χ1v) is 6.56. The molecule has 17 heavy (non-hydrogen) atoms. The molecule has 4 aliphatic rings. The number of rotatable bonds is 2. The fourth-order valence-corrected chi connectivity index (χ4v) is 3.26. The maximum Gasteiger partial charge on any atom is 0.407 e. The Hall–Kier alpha value is -0.810. The molecule has 96 valence electrons. The number of fused-ring (bicyclic) bond motifs is 2. The van der Waals surface area contributed by atoms with Crippen molar-refractivity contribution in [3.63, 3.8) is 0 Å². The first-order valence-electron chi connectivity index (χ1n) is 6.56. The van der Waals surface area contributed by atoms with Gasteiger partial charge in [-0.3, -0.25) is 4.90 Å². The van der Waals surface area contributed by atoms with Crippen molar-refractivity contribution in [3.8, 4) is 0 Å². The lowest BCUT2D eigenvalue weighted by atomic mass is 9.93. The highest BCUT2D eigenvalue weighted by Gasteiger charge is 2.38. The number of carbonyl (C=O) groups is 1. The van der Waals surface area contributed by atoms with Crippen LogP contribution in [0.3, 0.4) is 0 Å². The molecule has 5 heteroatoms. The van der Waals surface area contributed by atoms with Gasteiger partial charge >= 0.3 is 6.09 Å². The molecule has 2 unspecified atom stereocenters. The number of carboxylic acid groups (broad SMARTS) is 1. The van der Waals surface area contributed by atoms with E-state index in [0.29, 0.717) is 31.2 Å². The van der Waals surface area contributed by atoms with Crippen LogP contribution in [0.4, 0.5) is 4.79 Å². The van der Waals surface area contributed by atoms with E-state index in [2.05, 4.69) is 4.90 Å². The molecule has 4 saturated heterocycles. The van der Waals surface area contributed by atoms with E-state index < -0.39 is 6.09 Å². The topological polar surface area (TPSA) is 53.0 Å². The van der Waals surface area contributed by atoms with Crippen molar-refractivity contribution in [1.29, 1.82) is 0 Å². The van der Waals surface area contributed by atoms with E-state index in [1.165, 1.54) is 11.3 Å². The molecule has 1 amide bonds. The Balaban J connectivity index is 1.43. The van der Waals surface area contributed by atoms with E-state index in [-0.39, 0.29) is 0 Å². The molecule has 0 saturated carbocycles. The zero-order chi connectivity index (χ0) is 11.8. The van der Waals surface area contributed by atoms with Gasteiger partial charge in [-0.1, -0.05) is 0 Å². The lowest BCUT2D eigenvalue weighted by Crippen LogP contribution is -2.58. The molecule has 2 bridgehead atoms. The third-order valence-corrected chi connectivity index (χ3v) is 4.24. The largest absolute Gasteiger partial charge is 0.465 e. The molecular formula is C12H20N2O3. The number of amides is 1. The van der Waals surface area contributed by atoms with Gasteiger partial charge in [-0.05, 0) is 18.8 Å². The Morgan fingerprint density at radius 1 is 1.24 bits per heavy atom. The van der Waals surface area contributed by atoms with Crippen LogP contribution in [-0.2, 0) is 4.74 Å². The molecule has 0 aromatic heterocycles. The van der Waals surface area contributed by atoms with Crippen molar-refractivity contribution in [2.75, 3.05) is 32.7 Å². The Morgan fingerprint density at radius 3 is 2.35 bits per heavy atom. The van der Waals surface area contributed by atoms with Gasteiger partial charge in [-0.2, -0.15) is 0 Å². The Bertz CT molecular complexity index is 286. The summed E-state index contributed by atoms with van der Waals surface area (Å²) in [5.41, 5.74) is 0. The third-order valence-electron chi connectivity index (χ3n) is 4.24. The maximum atomic E-state index is 10.8. The van der Waals surface area contributed by atoms with Crippen molar-refractivity contribution in [2.24, 2.45) is 5.92 Å². The number of hydrogen-bond acceptors (Lipinski definition) is 3. The minimum absolute atomic E-state index is 0.479. The summed E-state index contributed by atoms with van der Waals surface area (Å²) in [6.07, 6.45) is 3.46. The predicted octanol–water partition coefficient (Wildman–Crippen LogP) is 0.850. The zero-order valence-corrected chi connectivity index (χ0v) is 10.0. The molecule has 0 aromatic carbocycles. The fourth-order valence-electron chi connectivity index (χ4n) is 3.26. The van der Waals surface area contributed by atoms with Crippen molar-refractivity contribution < 1.29 is 14.6 Å². The predicted molar refractivity (Wildman–Crippen MR) is 62.0 cm³/mol. The number of morpholine rings is 1. The number of piperidine rings is 2. The summed E-state index contributed by atoms with van der Waals surface area (Å²) in [7, 11) is 0. The number of hydrogen-bond donors (Lipinski definition) is 1. The summed E-state index contributed by atoms with van der Waals surface area (Å²) in [6.45, 7) is 4.70. The van der Waals surface area contributed by atoms with Crippen LogP contribution < -0.4 is 0 Å². The lowest BCUT2D eigenvalue weighted by molar-refractivity contribution is -0.182. The van der Waals surface area contributed by atoms with E-state index in [9.17, 15) is 4.79 Å². The summed E-state index contributed by atoms with van der Waals surface area (Å²) in [4.78, 5) is 14.8. The van der Waals surface area contributed by atoms with Crippen LogP contribution in [0.5, 0.6) is 0 Å². The summed E-state index contributed by atoms with van der Waals surface area (Å²) >= 11 is 0. The molecule has 0 aliphatic carbocycles. The van der Waals surface area contributed by atoms with Crippen LogP contribution in [0, 0.1) is 5.92 Å². The van der Waals surface area contributed by atoms with Crippen molar-refractivity contribution in [2.45, 2.75) is 31.5 Å². The van der Waals surface area contributed by atoms with Crippen LogP contribution in [0.25, 0.3) is 0 Å². The quantitative estimate of drug-likeness (QED) is 0.777. The first kappa shape index (κ1) is 11.3. The Morgan fingerprint density at radius 2 is 1.82 bits per heavy atom. The van der Waals surface area contributed by atoms with Crippen LogP contribution >= 0.6 is 0 Å². The lowest BCUT2D eigenvalue weighted by Gasteiger charge is -2.48. The maximum absolute atomic E-state index is 10.8. The van der Waals surface area contributed by atoms with E-state index in [1.807, 2.05) is 0 Å². The molecule has 4 fully saturated rings. The summed E-state index contributed by atoms with van der Waals surface area (Å²) in [6, 6.07) is 0.